The first kappa shape index (κ1) is 20.8. The first-order valence-electron chi connectivity index (χ1n) is 10.5. The van der Waals surface area contributed by atoms with Crippen molar-refractivity contribution in [2.45, 2.75) is 52.6 Å². The molecular weight excluding hydrogens is 356 g/mol. The van der Waals surface area contributed by atoms with Gasteiger partial charge in [-0.25, -0.2) is 4.79 Å². The number of ether oxygens (including phenoxy) is 3. The normalized spacial score (nSPS) is 16.7. The summed E-state index contributed by atoms with van der Waals surface area (Å²) in [6.45, 7) is 13.2. The predicted octanol–water partition coefficient (Wildman–Crippen LogP) is 3.65. The van der Waals surface area contributed by atoms with Crippen LogP contribution in [0.25, 0.3) is 0 Å². The Morgan fingerprint density at radius 2 is 1.82 bits per heavy atom. The van der Waals surface area contributed by atoms with Crippen LogP contribution < -0.4 is 9.64 Å². The van der Waals surface area contributed by atoms with Crippen molar-refractivity contribution < 1.29 is 19.0 Å². The fraction of sp³-hybridized carbons (Fsp3) is 0.682. The van der Waals surface area contributed by atoms with Crippen molar-refractivity contribution in [3.05, 3.63) is 23.3 Å². The number of carbonyl (C=O) groups is 1. The summed E-state index contributed by atoms with van der Waals surface area (Å²) in [6.07, 6.45) is 2.48. The minimum atomic E-state index is -0.469. The molecule has 2 aliphatic heterocycles. The van der Waals surface area contributed by atoms with Crippen molar-refractivity contribution in [2.24, 2.45) is 0 Å². The molecule has 2 heterocycles. The molecule has 3 rings (SSSR count). The third-order valence-electron chi connectivity index (χ3n) is 5.05. The fourth-order valence-corrected chi connectivity index (χ4v) is 3.65. The van der Waals surface area contributed by atoms with Crippen LogP contribution in [0.4, 0.5) is 10.5 Å². The molecule has 2 aliphatic rings. The van der Waals surface area contributed by atoms with Gasteiger partial charge in [0, 0.05) is 26.2 Å². The van der Waals surface area contributed by atoms with Crippen LogP contribution >= 0.6 is 0 Å². The van der Waals surface area contributed by atoms with Crippen LogP contribution in [-0.2, 0) is 22.3 Å². The molecule has 0 saturated carbocycles. The summed E-state index contributed by atoms with van der Waals surface area (Å²) in [5.74, 6) is 0.950. The molecule has 0 atom stereocenters. The Kier molecular flexibility index (Phi) is 6.70. The summed E-state index contributed by atoms with van der Waals surface area (Å²) in [5.41, 5.74) is 3.25. The molecule has 1 aromatic carbocycles. The first-order valence-corrected chi connectivity index (χ1v) is 10.5. The molecule has 6 heteroatoms. The Hall–Kier alpha value is -1.95. The quantitative estimate of drug-likeness (QED) is 0.719. The van der Waals surface area contributed by atoms with Crippen LogP contribution in [0.5, 0.6) is 5.75 Å². The second-order valence-corrected chi connectivity index (χ2v) is 8.50. The Morgan fingerprint density at radius 3 is 2.50 bits per heavy atom. The van der Waals surface area contributed by atoms with Gasteiger partial charge in [-0.05, 0) is 63.3 Å². The summed E-state index contributed by atoms with van der Waals surface area (Å²) in [7, 11) is 0. The van der Waals surface area contributed by atoms with Gasteiger partial charge in [0.2, 0.25) is 0 Å². The van der Waals surface area contributed by atoms with Crippen molar-refractivity contribution >= 4 is 11.8 Å². The first-order chi connectivity index (χ1) is 13.4. The van der Waals surface area contributed by atoms with Crippen LogP contribution in [0.3, 0.4) is 0 Å². The fourth-order valence-electron chi connectivity index (χ4n) is 3.65. The lowest BCUT2D eigenvalue weighted by molar-refractivity contribution is 0.0258. The van der Waals surface area contributed by atoms with Gasteiger partial charge in [-0.2, -0.15) is 0 Å². The zero-order valence-electron chi connectivity index (χ0n) is 17.8. The Morgan fingerprint density at radius 1 is 1.11 bits per heavy atom. The summed E-state index contributed by atoms with van der Waals surface area (Å²) >= 11 is 0. The Balaban J connectivity index is 1.69. The van der Waals surface area contributed by atoms with Crippen LogP contribution in [-0.4, -0.2) is 62.6 Å². The maximum Gasteiger partial charge on any atom is 0.410 e. The maximum absolute atomic E-state index is 12.5. The molecule has 0 aromatic heterocycles. The van der Waals surface area contributed by atoms with Crippen molar-refractivity contribution in [3.63, 3.8) is 0 Å². The highest BCUT2D eigenvalue weighted by Gasteiger charge is 2.26. The van der Waals surface area contributed by atoms with Gasteiger partial charge in [0.1, 0.15) is 18.0 Å². The van der Waals surface area contributed by atoms with Crippen LogP contribution in [0.15, 0.2) is 12.1 Å². The highest BCUT2D eigenvalue weighted by atomic mass is 16.6. The number of nitrogens with zero attached hydrogens (tertiary/aromatic N) is 2. The zero-order chi connectivity index (χ0) is 20.1. The van der Waals surface area contributed by atoms with E-state index < -0.39 is 5.60 Å². The number of hydrogen-bond acceptors (Lipinski definition) is 5. The van der Waals surface area contributed by atoms with Gasteiger partial charge in [0.05, 0.1) is 18.8 Å². The largest absolute Gasteiger partial charge is 0.490 e. The van der Waals surface area contributed by atoms with Crippen molar-refractivity contribution in [3.8, 4) is 5.75 Å². The predicted molar refractivity (Wildman–Crippen MR) is 110 cm³/mol. The monoisotopic (exact) mass is 390 g/mol. The molecule has 0 aliphatic carbocycles. The maximum atomic E-state index is 12.5. The molecule has 28 heavy (non-hydrogen) atoms. The lowest BCUT2D eigenvalue weighted by Gasteiger charge is -2.32. The smallest absolute Gasteiger partial charge is 0.410 e. The van der Waals surface area contributed by atoms with Crippen LogP contribution in [0, 0.1) is 0 Å². The number of amides is 1. The lowest BCUT2D eigenvalue weighted by Crippen LogP contribution is -2.38. The number of fused-ring (bicyclic) bond motifs is 2. The summed E-state index contributed by atoms with van der Waals surface area (Å²) in [6, 6.07) is 4.42. The molecule has 156 valence electrons. The topological polar surface area (TPSA) is 51.2 Å². The number of rotatable bonds is 5. The van der Waals surface area contributed by atoms with Gasteiger partial charge in [0.15, 0.2) is 0 Å². The van der Waals surface area contributed by atoms with Crippen molar-refractivity contribution in [1.82, 2.24) is 4.90 Å². The average Bonchev–Trinajstić information content (AvgIpc) is 2.84. The lowest BCUT2D eigenvalue weighted by atomic mass is 10.0. The highest BCUT2D eigenvalue weighted by molar-refractivity contribution is 5.69. The van der Waals surface area contributed by atoms with Crippen molar-refractivity contribution in [1.29, 1.82) is 0 Å². The molecule has 1 amide bonds. The molecule has 0 unspecified atom stereocenters. The van der Waals surface area contributed by atoms with Gasteiger partial charge in [-0.3, -0.25) is 0 Å². The van der Waals surface area contributed by atoms with E-state index in [1.807, 2.05) is 25.7 Å². The molecule has 0 radical (unpaired) electrons. The van der Waals surface area contributed by atoms with Gasteiger partial charge >= 0.3 is 6.09 Å². The van der Waals surface area contributed by atoms with Crippen LogP contribution in [0.1, 0.15) is 45.2 Å². The van der Waals surface area contributed by atoms with Gasteiger partial charge in [0.25, 0.3) is 0 Å². The van der Waals surface area contributed by atoms with Crippen molar-refractivity contribution in [2.75, 3.05) is 50.9 Å². The number of benzene rings is 1. The SMILES string of the molecule is CCCOCCN1CCOc2cc3c(cc21)CCN(C(=O)OC(C)(C)C)CC3. The molecule has 0 fully saturated rings. The molecule has 0 bridgehead atoms. The Labute approximate surface area is 168 Å². The molecule has 1 aromatic rings. The number of anilines is 1. The average molecular weight is 391 g/mol. The molecular formula is C22H34N2O4. The molecule has 0 N–H and O–H groups in total. The number of carbonyl (C=O) groups excluding carboxylic acids is 1. The van der Waals surface area contributed by atoms with E-state index in [2.05, 4.69) is 24.0 Å². The minimum Gasteiger partial charge on any atom is -0.490 e. The van der Waals surface area contributed by atoms with E-state index in [1.54, 1.807) is 0 Å². The van der Waals surface area contributed by atoms with Crippen LogP contribution in [0.2, 0.25) is 0 Å². The minimum absolute atomic E-state index is 0.226. The van der Waals surface area contributed by atoms with E-state index in [4.69, 9.17) is 14.2 Å². The molecule has 6 nitrogen and oxygen atoms in total. The van der Waals surface area contributed by atoms with Gasteiger partial charge in [-0.1, -0.05) is 6.92 Å². The van der Waals surface area contributed by atoms with E-state index >= 15 is 0 Å². The number of hydrogen-bond donors (Lipinski definition) is 0. The summed E-state index contributed by atoms with van der Waals surface area (Å²) < 4.78 is 17.2. The van der Waals surface area contributed by atoms with E-state index in [9.17, 15) is 4.79 Å². The summed E-state index contributed by atoms with van der Waals surface area (Å²) in [5, 5.41) is 0. The molecule has 0 spiro atoms. The van der Waals surface area contributed by atoms with E-state index in [-0.39, 0.29) is 6.09 Å². The highest BCUT2D eigenvalue weighted by Crippen LogP contribution is 2.35. The molecule has 0 saturated heterocycles. The second kappa shape index (κ2) is 9.03. The second-order valence-electron chi connectivity index (χ2n) is 8.50. The third kappa shape index (κ3) is 5.31. The van der Waals surface area contributed by atoms with Gasteiger partial charge < -0.3 is 24.0 Å². The standard InChI is InChI=1S/C22H34N2O4/c1-5-12-26-13-10-23-11-14-27-20-16-18-7-9-24(21(25)28-22(2,3)4)8-6-17(18)15-19(20)23/h15-16H,5-14H2,1-4H3. The van der Waals surface area contributed by atoms with E-state index in [0.29, 0.717) is 19.7 Å². The zero-order valence-corrected chi connectivity index (χ0v) is 17.8. The van der Waals surface area contributed by atoms with E-state index in [0.717, 1.165) is 57.0 Å². The van der Waals surface area contributed by atoms with E-state index in [1.165, 1.54) is 11.1 Å². The summed E-state index contributed by atoms with van der Waals surface area (Å²) in [4.78, 5) is 16.6. The third-order valence-corrected chi connectivity index (χ3v) is 5.05. The Bertz CT molecular complexity index is 684. The van der Waals surface area contributed by atoms with Gasteiger partial charge in [-0.15, -0.1) is 0 Å².